The Morgan fingerprint density at radius 1 is 1.07 bits per heavy atom. The van der Waals surface area contributed by atoms with Crippen LogP contribution in [0.15, 0.2) is 76.3 Å². The summed E-state index contributed by atoms with van der Waals surface area (Å²) < 4.78 is 23.6. The number of aromatic nitrogens is 1. The number of nitrogens with zero attached hydrogens (tertiary/aromatic N) is 1. The van der Waals surface area contributed by atoms with E-state index in [1.807, 2.05) is 48.5 Å². The average molecular weight is 393 g/mol. The Kier molecular flexibility index (Phi) is 6.34. The minimum atomic E-state index is -0.709. The second-order valence-electron chi connectivity index (χ2n) is 6.82. The molecule has 0 radical (unpaired) electrons. The van der Waals surface area contributed by atoms with E-state index < -0.39 is 6.10 Å². The first kappa shape index (κ1) is 19.4. The second kappa shape index (κ2) is 9.49. The molecule has 29 heavy (non-hydrogen) atoms. The topological polar surface area (TPSA) is 70.8 Å². The summed E-state index contributed by atoms with van der Waals surface area (Å²) in [7, 11) is 0. The summed E-state index contributed by atoms with van der Waals surface area (Å²) in [4.78, 5) is 17.0. The third kappa shape index (κ3) is 4.91. The lowest BCUT2D eigenvalue weighted by molar-refractivity contribution is -0.185. The number of hydrogen-bond donors (Lipinski definition) is 0. The summed E-state index contributed by atoms with van der Waals surface area (Å²) in [6.45, 7) is 0.896. The summed E-state index contributed by atoms with van der Waals surface area (Å²) in [6.07, 6.45) is 4.76. The standard InChI is InChI=1S/C23H23NO5/c25-19-12-15-27-23(22(19)28-16-17-8-2-1-3-9-17)21(18-10-4-6-13-24-18)29-20-11-5-7-14-26-20/h1-4,6,8-10,12-13,15,20-21H,5,7,11,14,16H2. The van der Waals surface area contributed by atoms with Crippen LogP contribution in [-0.2, 0) is 16.1 Å². The van der Waals surface area contributed by atoms with E-state index in [0.29, 0.717) is 18.1 Å². The van der Waals surface area contributed by atoms with Gasteiger partial charge in [0.05, 0.1) is 12.0 Å². The van der Waals surface area contributed by atoms with Crippen LogP contribution in [0.2, 0.25) is 0 Å². The highest BCUT2D eigenvalue weighted by Gasteiger charge is 2.29. The second-order valence-corrected chi connectivity index (χ2v) is 6.82. The van der Waals surface area contributed by atoms with Gasteiger partial charge in [-0.1, -0.05) is 36.4 Å². The van der Waals surface area contributed by atoms with Gasteiger partial charge in [-0.2, -0.15) is 0 Å². The molecule has 1 fully saturated rings. The highest BCUT2D eigenvalue weighted by Crippen LogP contribution is 2.33. The van der Waals surface area contributed by atoms with Crippen molar-refractivity contribution in [2.45, 2.75) is 38.3 Å². The molecule has 0 N–H and O–H groups in total. The van der Waals surface area contributed by atoms with E-state index >= 15 is 0 Å². The van der Waals surface area contributed by atoms with Crippen molar-refractivity contribution in [2.24, 2.45) is 0 Å². The van der Waals surface area contributed by atoms with Crippen LogP contribution in [0.1, 0.15) is 42.4 Å². The Labute approximate surface area is 169 Å². The van der Waals surface area contributed by atoms with Gasteiger partial charge in [0.25, 0.3) is 0 Å². The van der Waals surface area contributed by atoms with Crippen molar-refractivity contribution in [3.63, 3.8) is 0 Å². The summed E-state index contributed by atoms with van der Waals surface area (Å²) in [5.41, 5.74) is 1.31. The maximum absolute atomic E-state index is 12.6. The van der Waals surface area contributed by atoms with Gasteiger partial charge in [0, 0.05) is 18.9 Å². The van der Waals surface area contributed by atoms with Crippen molar-refractivity contribution < 1.29 is 18.6 Å². The van der Waals surface area contributed by atoms with E-state index in [1.165, 1.54) is 12.3 Å². The minimum absolute atomic E-state index is 0.128. The molecular weight excluding hydrogens is 370 g/mol. The van der Waals surface area contributed by atoms with E-state index in [0.717, 1.165) is 24.8 Å². The summed E-state index contributed by atoms with van der Waals surface area (Å²) in [6, 6.07) is 16.5. The van der Waals surface area contributed by atoms with Crippen LogP contribution in [-0.4, -0.2) is 17.9 Å². The van der Waals surface area contributed by atoms with Gasteiger partial charge in [0.1, 0.15) is 6.61 Å². The van der Waals surface area contributed by atoms with Crippen LogP contribution in [0, 0.1) is 0 Å². The highest BCUT2D eigenvalue weighted by atomic mass is 16.7. The van der Waals surface area contributed by atoms with Crippen LogP contribution in [0.4, 0.5) is 0 Å². The highest BCUT2D eigenvalue weighted by molar-refractivity contribution is 5.32. The fourth-order valence-corrected chi connectivity index (χ4v) is 3.24. The smallest absolute Gasteiger partial charge is 0.227 e. The molecule has 6 nitrogen and oxygen atoms in total. The third-order valence-electron chi connectivity index (χ3n) is 4.71. The molecule has 0 saturated carbocycles. The molecule has 2 unspecified atom stereocenters. The van der Waals surface area contributed by atoms with E-state index in [1.54, 1.807) is 6.20 Å². The summed E-state index contributed by atoms with van der Waals surface area (Å²) in [5, 5.41) is 0. The summed E-state index contributed by atoms with van der Waals surface area (Å²) in [5.74, 6) is 0.420. The van der Waals surface area contributed by atoms with E-state index in [-0.39, 0.29) is 24.1 Å². The molecule has 1 aliphatic rings. The molecule has 2 atom stereocenters. The molecular formula is C23H23NO5. The van der Waals surface area contributed by atoms with Gasteiger partial charge in [-0.05, 0) is 37.0 Å². The van der Waals surface area contributed by atoms with Crippen molar-refractivity contribution in [2.75, 3.05) is 6.61 Å². The minimum Gasteiger partial charge on any atom is -0.482 e. The number of hydrogen-bond acceptors (Lipinski definition) is 6. The first-order chi connectivity index (χ1) is 14.3. The number of benzene rings is 1. The van der Waals surface area contributed by atoms with E-state index in [4.69, 9.17) is 18.6 Å². The van der Waals surface area contributed by atoms with Crippen LogP contribution in [0.5, 0.6) is 5.75 Å². The first-order valence-corrected chi connectivity index (χ1v) is 9.77. The van der Waals surface area contributed by atoms with Crippen LogP contribution >= 0.6 is 0 Å². The molecule has 1 aromatic carbocycles. The van der Waals surface area contributed by atoms with Crippen molar-refractivity contribution >= 4 is 0 Å². The number of pyridine rings is 1. The SMILES string of the molecule is O=c1ccoc(C(OC2CCCCO2)c2ccccn2)c1OCc1ccccc1. The van der Waals surface area contributed by atoms with Gasteiger partial charge in [-0.3, -0.25) is 9.78 Å². The predicted molar refractivity (Wildman–Crippen MR) is 107 cm³/mol. The van der Waals surface area contributed by atoms with Gasteiger partial charge in [0.2, 0.25) is 11.2 Å². The predicted octanol–water partition coefficient (Wildman–Crippen LogP) is 4.25. The third-order valence-corrected chi connectivity index (χ3v) is 4.71. The molecule has 2 aromatic heterocycles. The maximum Gasteiger partial charge on any atom is 0.227 e. The molecule has 4 rings (SSSR count). The molecule has 0 spiro atoms. The lowest BCUT2D eigenvalue weighted by Crippen LogP contribution is -2.26. The van der Waals surface area contributed by atoms with E-state index in [2.05, 4.69) is 4.98 Å². The normalized spacial score (nSPS) is 17.6. The quantitative estimate of drug-likeness (QED) is 0.598. The molecule has 1 saturated heterocycles. The van der Waals surface area contributed by atoms with Crippen LogP contribution in [0.3, 0.4) is 0 Å². The van der Waals surface area contributed by atoms with Gasteiger partial charge >= 0.3 is 0 Å². The molecule has 0 aliphatic carbocycles. The largest absolute Gasteiger partial charge is 0.482 e. The van der Waals surface area contributed by atoms with Gasteiger partial charge < -0.3 is 18.6 Å². The molecule has 150 valence electrons. The zero-order chi connectivity index (χ0) is 19.9. The van der Waals surface area contributed by atoms with Crippen molar-refractivity contribution in [3.05, 3.63) is 94.3 Å². The van der Waals surface area contributed by atoms with Crippen LogP contribution in [0.25, 0.3) is 0 Å². The molecule has 0 bridgehead atoms. The molecule has 3 aromatic rings. The lowest BCUT2D eigenvalue weighted by Gasteiger charge is -2.27. The fourth-order valence-electron chi connectivity index (χ4n) is 3.24. The molecule has 1 aliphatic heterocycles. The molecule has 3 heterocycles. The van der Waals surface area contributed by atoms with E-state index in [9.17, 15) is 4.79 Å². The monoisotopic (exact) mass is 393 g/mol. The Hall–Kier alpha value is -2.96. The maximum atomic E-state index is 12.6. The first-order valence-electron chi connectivity index (χ1n) is 9.77. The Morgan fingerprint density at radius 3 is 2.69 bits per heavy atom. The Balaban J connectivity index is 1.66. The van der Waals surface area contributed by atoms with Crippen molar-refractivity contribution in [1.82, 2.24) is 4.98 Å². The zero-order valence-corrected chi connectivity index (χ0v) is 16.0. The number of ether oxygens (including phenoxy) is 3. The number of rotatable bonds is 7. The van der Waals surface area contributed by atoms with Gasteiger partial charge in [-0.25, -0.2) is 0 Å². The fraction of sp³-hybridized carbons (Fsp3) is 0.304. The van der Waals surface area contributed by atoms with Crippen molar-refractivity contribution in [1.29, 1.82) is 0 Å². The zero-order valence-electron chi connectivity index (χ0n) is 16.0. The van der Waals surface area contributed by atoms with Crippen LogP contribution < -0.4 is 10.2 Å². The Bertz CT molecular complexity index is 952. The average Bonchev–Trinajstić information content (AvgIpc) is 2.79. The van der Waals surface area contributed by atoms with Gasteiger partial charge in [0.15, 0.2) is 18.2 Å². The molecule has 6 heteroatoms. The Morgan fingerprint density at radius 2 is 1.93 bits per heavy atom. The lowest BCUT2D eigenvalue weighted by atomic mass is 10.1. The molecule has 0 amide bonds. The van der Waals surface area contributed by atoms with Gasteiger partial charge in [-0.15, -0.1) is 0 Å². The summed E-state index contributed by atoms with van der Waals surface area (Å²) >= 11 is 0. The van der Waals surface area contributed by atoms with Crippen molar-refractivity contribution in [3.8, 4) is 5.75 Å².